The molecule has 0 aliphatic carbocycles. The molecule has 3 aliphatic heterocycles. The summed E-state index contributed by atoms with van der Waals surface area (Å²) in [5, 5.41) is 11.7. The lowest BCUT2D eigenvalue weighted by Gasteiger charge is -2.21. The van der Waals surface area contributed by atoms with Gasteiger partial charge in [0.1, 0.15) is 6.54 Å². The van der Waals surface area contributed by atoms with Crippen LogP contribution in [0.2, 0.25) is 0 Å². The number of carbonyl (C=O) groups is 3. The zero-order valence-corrected chi connectivity index (χ0v) is 21.7. The minimum absolute atomic E-state index is 0.0143. The van der Waals surface area contributed by atoms with Crippen molar-refractivity contribution >= 4 is 45.8 Å². The van der Waals surface area contributed by atoms with Crippen LogP contribution >= 0.6 is 0 Å². The van der Waals surface area contributed by atoms with Crippen molar-refractivity contribution in [3.05, 3.63) is 53.1 Å². The van der Waals surface area contributed by atoms with Crippen LogP contribution in [-0.4, -0.2) is 78.4 Å². The quantitative estimate of drug-likeness (QED) is 0.372. The third kappa shape index (κ3) is 4.65. The van der Waals surface area contributed by atoms with Crippen molar-refractivity contribution in [1.82, 2.24) is 9.88 Å². The van der Waals surface area contributed by atoms with Crippen LogP contribution in [0.1, 0.15) is 40.7 Å². The molecule has 0 spiro atoms. The molecule has 2 amide bonds. The third-order valence-corrected chi connectivity index (χ3v) is 7.78. The topological polar surface area (TPSA) is 125 Å². The van der Waals surface area contributed by atoms with Crippen LogP contribution in [0.15, 0.2) is 41.4 Å². The van der Waals surface area contributed by atoms with Gasteiger partial charge in [0, 0.05) is 48.6 Å². The van der Waals surface area contributed by atoms with Crippen LogP contribution in [0.25, 0.3) is 10.9 Å². The number of benzene rings is 2. The van der Waals surface area contributed by atoms with Gasteiger partial charge >= 0.3 is 5.97 Å². The number of carbonyl (C=O) groups excluding carboxylic acids is 3. The summed E-state index contributed by atoms with van der Waals surface area (Å²) in [4.78, 5) is 48.4. The van der Waals surface area contributed by atoms with Gasteiger partial charge in [-0.1, -0.05) is 6.07 Å². The molecule has 10 heteroatoms. The summed E-state index contributed by atoms with van der Waals surface area (Å²) in [5.74, 6) is -0.521. The van der Waals surface area contributed by atoms with Gasteiger partial charge < -0.3 is 29.4 Å². The summed E-state index contributed by atoms with van der Waals surface area (Å²) < 4.78 is 10.5. The van der Waals surface area contributed by atoms with Gasteiger partial charge in [-0.15, -0.1) is 0 Å². The van der Waals surface area contributed by atoms with E-state index in [0.29, 0.717) is 61.5 Å². The molecule has 2 N–H and O–H groups in total. The van der Waals surface area contributed by atoms with Crippen molar-refractivity contribution in [2.45, 2.75) is 25.7 Å². The molecule has 2 aromatic carbocycles. The standard InChI is InChI=1S/C29H30N4O6/c1-38-29(37)18-4-6-21-22(14-18)31-28(36)26(21)27(19-9-12-39-16-19)30-20-5-7-23-17(13-20)8-11-33(23)25(35)15-32-10-2-3-24(32)34/h4-7,13-14,19,31,36H,2-3,8-12,15-16H2,1H3. The Morgan fingerprint density at radius 1 is 1.18 bits per heavy atom. The van der Waals surface area contributed by atoms with Crippen LogP contribution in [0.4, 0.5) is 11.4 Å². The molecule has 0 bridgehead atoms. The number of amides is 2. The van der Waals surface area contributed by atoms with Crippen LogP contribution in [0, 0.1) is 5.92 Å². The molecule has 3 aliphatic rings. The molecule has 1 unspecified atom stereocenters. The zero-order valence-electron chi connectivity index (χ0n) is 21.7. The number of ether oxygens (including phenoxy) is 2. The second kappa shape index (κ2) is 10.2. The average molecular weight is 531 g/mol. The molecule has 4 heterocycles. The Kier molecular flexibility index (Phi) is 6.56. The zero-order chi connectivity index (χ0) is 27.1. The van der Waals surface area contributed by atoms with Gasteiger partial charge in [-0.3, -0.25) is 14.6 Å². The van der Waals surface area contributed by atoms with E-state index >= 15 is 0 Å². The molecule has 202 valence electrons. The smallest absolute Gasteiger partial charge is 0.337 e. The predicted octanol–water partition coefficient (Wildman–Crippen LogP) is 3.33. The SMILES string of the molecule is COC(=O)c1ccc2c(C(=Nc3ccc4c(c3)CCN4C(=O)CN3CCCC3=O)C3CCOC3)c(O)[nH]c2c1. The fourth-order valence-electron chi connectivity index (χ4n) is 5.76. The second-order valence-corrected chi connectivity index (χ2v) is 10.2. The van der Waals surface area contributed by atoms with E-state index in [-0.39, 0.29) is 30.2 Å². The van der Waals surface area contributed by atoms with Crippen LogP contribution in [0.5, 0.6) is 5.88 Å². The fourth-order valence-corrected chi connectivity index (χ4v) is 5.76. The molecule has 0 radical (unpaired) electrons. The number of rotatable bonds is 6. The normalized spacial score (nSPS) is 19.3. The van der Waals surface area contributed by atoms with Crippen molar-refractivity contribution in [2.75, 3.05) is 44.9 Å². The summed E-state index contributed by atoms with van der Waals surface area (Å²) in [6.07, 6.45) is 2.79. The molecular weight excluding hydrogens is 500 g/mol. The van der Waals surface area contributed by atoms with Gasteiger partial charge in [-0.2, -0.15) is 0 Å². The van der Waals surface area contributed by atoms with E-state index < -0.39 is 5.97 Å². The van der Waals surface area contributed by atoms with Gasteiger partial charge in [0.2, 0.25) is 11.8 Å². The maximum absolute atomic E-state index is 13.0. The number of aromatic hydroxyl groups is 1. The number of fused-ring (bicyclic) bond motifs is 2. The van der Waals surface area contributed by atoms with Crippen LogP contribution in [-0.2, 0) is 25.5 Å². The predicted molar refractivity (Wildman–Crippen MR) is 145 cm³/mol. The highest BCUT2D eigenvalue weighted by Gasteiger charge is 2.31. The van der Waals surface area contributed by atoms with E-state index in [1.54, 1.807) is 28.0 Å². The summed E-state index contributed by atoms with van der Waals surface area (Å²) in [6.45, 7) is 2.42. The number of aromatic nitrogens is 1. The molecule has 0 saturated carbocycles. The lowest BCUT2D eigenvalue weighted by Crippen LogP contribution is -2.40. The number of likely N-dealkylation sites (tertiary alicyclic amines) is 1. The maximum atomic E-state index is 13.0. The third-order valence-electron chi connectivity index (χ3n) is 7.78. The number of esters is 1. The summed E-state index contributed by atoms with van der Waals surface area (Å²) >= 11 is 0. The highest BCUT2D eigenvalue weighted by Crippen LogP contribution is 2.36. The Bertz CT molecular complexity index is 1500. The molecule has 2 saturated heterocycles. The molecule has 1 aromatic heterocycles. The lowest BCUT2D eigenvalue weighted by molar-refractivity contribution is -0.132. The van der Waals surface area contributed by atoms with Gasteiger partial charge in [-0.25, -0.2) is 4.79 Å². The van der Waals surface area contributed by atoms with Gasteiger partial charge in [0.15, 0.2) is 5.88 Å². The van der Waals surface area contributed by atoms with E-state index in [1.807, 2.05) is 18.2 Å². The average Bonchev–Trinajstić information content (AvgIpc) is 3.73. The number of nitrogens with zero attached hydrogens (tertiary/aromatic N) is 3. The molecule has 39 heavy (non-hydrogen) atoms. The van der Waals surface area contributed by atoms with Crippen molar-refractivity contribution < 1.29 is 29.0 Å². The largest absolute Gasteiger partial charge is 0.494 e. The monoisotopic (exact) mass is 530 g/mol. The highest BCUT2D eigenvalue weighted by molar-refractivity contribution is 6.15. The first-order valence-electron chi connectivity index (χ1n) is 13.2. The van der Waals surface area contributed by atoms with Crippen molar-refractivity contribution in [1.29, 1.82) is 0 Å². The van der Waals surface area contributed by atoms with Crippen molar-refractivity contribution in [2.24, 2.45) is 10.9 Å². The van der Waals surface area contributed by atoms with E-state index in [4.69, 9.17) is 14.5 Å². The number of anilines is 1. The number of methoxy groups -OCH3 is 1. The number of aliphatic imine (C=N–C) groups is 1. The molecular formula is C29H30N4O6. The Morgan fingerprint density at radius 3 is 2.79 bits per heavy atom. The number of nitrogens with one attached hydrogen (secondary N) is 1. The number of aromatic amines is 1. The van der Waals surface area contributed by atoms with Gasteiger partial charge in [0.05, 0.1) is 36.2 Å². The van der Waals surface area contributed by atoms with E-state index in [9.17, 15) is 19.5 Å². The van der Waals surface area contributed by atoms with E-state index in [1.165, 1.54) is 7.11 Å². The maximum Gasteiger partial charge on any atom is 0.337 e. The van der Waals surface area contributed by atoms with Crippen molar-refractivity contribution in [3.63, 3.8) is 0 Å². The minimum atomic E-state index is -0.455. The number of H-pyrrole nitrogens is 1. The van der Waals surface area contributed by atoms with Crippen molar-refractivity contribution in [3.8, 4) is 5.88 Å². The Balaban J connectivity index is 1.33. The minimum Gasteiger partial charge on any atom is -0.494 e. The van der Waals surface area contributed by atoms with E-state index in [2.05, 4.69) is 4.98 Å². The van der Waals surface area contributed by atoms with Gasteiger partial charge in [-0.05, 0) is 55.2 Å². The van der Waals surface area contributed by atoms with E-state index in [0.717, 1.165) is 35.2 Å². The molecule has 10 nitrogen and oxygen atoms in total. The summed E-state index contributed by atoms with van der Waals surface area (Å²) in [5.41, 5.74) is 4.88. The molecule has 6 rings (SSSR count). The molecule has 2 fully saturated rings. The summed E-state index contributed by atoms with van der Waals surface area (Å²) in [7, 11) is 1.33. The molecule has 1 atom stereocenters. The number of hydrogen-bond donors (Lipinski definition) is 2. The summed E-state index contributed by atoms with van der Waals surface area (Å²) in [6, 6.07) is 10.9. The highest BCUT2D eigenvalue weighted by atomic mass is 16.5. The fraction of sp³-hybridized carbons (Fsp3) is 0.379. The number of hydrogen-bond acceptors (Lipinski definition) is 7. The Morgan fingerprint density at radius 2 is 2.05 bits per heavy atom. The Labute approximate surface area is 225 Å². The first-order chi connectivity index (χ1) is 18.9. The molecule has 3 aromatic rings. The van der Waals surface area contributed by atoms with Gasteiger partial charge in [0.25, 0.3) is 0 Å². The first kappa shape index (κ1) is 25.1. The second-order valence-electron chi connectivity index (χ2n) is 10.2. The van der Waals surface area contributed by atoms with Crippen LogP contribution < -0.4 is 4.90 Å². The lowest BCUT2D eigenvalue weighted by atomic mass is 9.94. The first-order valence-corrected chi connectivity index (χ1v) is 13.2. The van der Waals surface area contributed by atoms with Crippen LogP contribution in [0.3, 0.4) is 0 Å². The Hall–Kier alpha value is -4.18.